The molecule has 2 heterocycles. The average Bonchev–Trinajstić information content (AvgIpc) is 3.48. The quantitative estimate of drug-likeness (QED) is 0.363. The van der Waals surface area contributed by atoms with Gasteiger partial charge >= 0.3 is 0 Å². The minimum absolute atomic E-state index is 0.676. The van der Waals surface area contributed by atoms with Gasteiger partial charge in [0.1, 0.15) is 11.5 Å². The molecule has 0 atom stereocenters. The fourth-order valence-corrected chi connectivity index (χ4v) is 3.57. The van der Waals surface area contributed by atoms with Gasteiger partial charge in [-0.15, -0.1) is 0 Å². The molecule has 0 saturated carbocycles. The van der Waals surface area contributed by atoms with E-state index in [1.165, 1.54) is 0 Å². The summed E-state index contributed by atoms with van der Waals surface area (Å²) in [4.78, 5) is 8.37. The van der Waals surface area contributed by atoms with Crippen LogP contribution in [0.15, 0.2) is 101 Å². The molecule has 1 N–H and O–H groups in total. The van der Waals surface area contributed by atoms with Crippen molar-refractivity contribution in [3.05, 3.63) is 97.1 Å². The van der Waals surface area contributed by atoms with E-state index in [1.54, 1.807) is 7.11 Å². The fraction of sp³-hybridized carbons (Fsp3) is 0.0385. The van der Waals surface area contributed by atoms with E-state index in [0.29, 0.717) is 11.6 Å². The lowest BCUT2D eigenvalue weighted by molar-refractivity contribution is 0.415. The molecule has 146 valence electrons. The fourth-order valence-electron chi connectivity index (χ4n) is 3.57. The van der Waals surface area contributed by atoms with E-state index in [1.807, 2.05) is 72.8 Å². The van der Waals surface area contributed by atoms with Gasteiger partial charge in [-0.05, 0) is 24.3 Å². The second-order valence-electron chi connectivity index (χ2n) is 6.91. The van der Waals surface area contributed by atoms with Crippen LogP contribution in [-0.4, -0.2) is 17.1 Å². The molecular weight excluding hydrogens is 372 g/mol. The number of H-pyrrole nitrogens is 1. The van der Waals surface area contributed by atoms with E-state index in [0.717, 1.165) is 39.6 Å². The van der Waals surface area contributed by atoms with Crippen LogP contribution in [0.4, 0.5) is 0 Å². The SMILES string of the molecule is COc1ccccc1-c1ccc(-c2nc(-c3ccccc3)c(-c3ccccc3)[nH]2)o1. The third-order valence-electron chi connectivity index (χ3n) is 5.03. The van der Waals surface area contributed by atoms with Crippen molar-refractivity contribution >= 4 is 0 Å². The van der Waals surface area contributed by atoms with Crippen molar-refractivity contribution in [2.24, 2.45) is 0 Å². The summed E-state index contributed by atoms with van der Waals surface area (Å²) >= 11 is 0. The molecule has 0 bridgehead atoms. The molecule has 0 saturated heterocycles. The lowest BCUT2D eigenvalue weighted by Gasteiger charge is -2.04. The van der Waals surface area contributed by atoms with Crippen LogP contribution >= 0.6 is 0 Å². The summed E-state index contributed by atoms with van der Waals surface area (Å²) in [5, 5.41) is 0. The summed E-state index contributed by atoms with van der Waals surface area (Å²) in [6, 6.07) is 32.1. The summed E-state index contributed by atoms with van der Waals surface area (Å²) in [6.07, 6.45) is 0. The van der Waals surface area contributed by atoms with Gasteiger partial charge < -0.3 is 14.1 Å². The van der Waals surface area contributed by atoms with Crippen LogP contribution in [0, 0.1) is 0 Å². The van der Waals surface area contributed by atoms with Crippen molar-refractivity contribution in [1.29, 1.82) is 0 Å². The van der Waals surface area contributed by atoms with Crippen LogP contribution in [0.5, 0.6) is 5.75 Å². The highest BCUT2D eigenvalue weighted by molar-refractivity contribution is 5.81. The highest BCUT2D eigenvalue weighted by atomic mass is 16.5. The predicted molar refractivity (Wildman–Crippen MR) is 119 cm³/mol. The van der Waals surface area contributed by atoms with E-state index in [9.17, 15) is 0 Å². The molecule has 30 heavy (non-hydrogen) atoms. The van der Waals surface area contributed by atoms with Crippen molar-refractivity contribution < 1.29 is 9.15 Å². The molecule has 0 aliphatic rings. The zero-order chi connectivity index (χ0) is 20.3. The number of hydrogen-bond acceptors (Lipinski definition) is 3. The minimum atomic E-state index is 0.676. The third kappa shape index (κ3) is 3.29. The summed E-state index contributed by atoms with van der Waals surface area (Å²) in [5.74, 6) is 2.87. The Morgan fingerprint density at radius 3 is 2.07 bits per heavy atom. The first-order valence-corrected chi connectivity index (χ1v) is 9.78. The molecule has 0 spiro atoms. The van der Waals surface area contributed by atoms with Gasteiger partial charge in [-0.1, -0.05) is 72.8 Å². The number of aromatic nitrogens is 2. The van der Waals surface area contributed by atoms with Gasteiger partial charge in [0.05, 0.1) is 24.1 Å². The van der Waals surface area contributed by atoms with Crippen LogP contribution < -0.4 is 4.74 Å². The van der Waals surface area contributed by atoms with Crippen LogP contribution in [-0.2, 0) is 0 Å². The highest BCUT2D eigenvalue weighted by Gasteiger charge is 2.18. The number of nitrogens with zero attached hydrogens (tertiary/aromatic N) is 1. The van der Waals surface area contributed by atoms with Gasteiger partial charge in [-0.2, -0.15) is 0 Å². The van der Waals surface area contributed by atoms with E-state index >= 15 is 0 Å². The number of ether oxygens (including phenoxy) is 1. The number of nitrogens with one attached hydrogen (secondary N) is 1. The Balaban J connectivity index is 1.61. The number of rotatable bonds is 5. The van der Waals surface area contributed by atoms with Crippen LogP contribution in [0.2, 0.25) is 0 Å². The largest absolute Gasteiger partial charge is 0.496 e. The second-order valence-corrected chi connectivity index (χ2v) is 6.91. The first-order valence-electron chi connectivity index (χ1n) is 9.78. The van der Waals surface area contributed by atoms with Crippen molar-refractivity contribution in [2.75, 3.05) is 7.11 Å². The van der Waals surface area contributed by atoms with Gasteiger partial charge in [0.2, 0.25) is 0 Å². The monoisotopic (exact) mass is 392 g/mol. The van der Waals surface area contributed by atoms with Gasteiger partial charge in [0.15, 0.2) is 11.6 Å². The number of benzene rings is 3. The zero-order valence-corrected chi connectivity index (χ0v) is 16.5. The molecule has 0 radical (unpaired) electrons. The molecule has 4 nitrogen and oxygen atoms in total. The topological polar surface area (TPSA) is 51.0 Å². The highest BCUT2D eigenvalue weighted by Crippen LogP contribution is 2.36. The Hall–Kier alpha value is -4.05. The molecule has 4 heteroatoms. The minimum Gasteiger partial charge on any atom is -0.496 e. The molecule has 0 aliphatic carbocycles. The van der Waals surface area contributed by atoms with Crippen molar-refractivity contribution in [3.63, 3.8) is 0 Å². The lowest BCUT2D eigenvalue weighted by atomic mass is 10.1. The molecule has 0 unspecified atom stereocenters. The van der Waals surface area contributed by atoms with E-state index in [-0.39, 0.29) is 0 Å². The zero-order valence-electron chi connectivity index (χ0n) is 16.5. The van der Waals surface area contributed by atoms with Crippen LogP contribution in [0.25, 0.3) is 45.4 Å². The van der Waals surface area contributed by atoms with Gasteiger partial charge in [-0.3, -0.25) is 0 Å². The predicted octanol–water partition coefficient (Wildman–Crippen LogP) is 6.68. The molecular formula is C26H20N2O2. The summed E-state index contributed by atoms with van der Waals surface area (Å²) in [5.41, 5.74) is 4.89. The third-order valence-corrected chi connectivity index (χ3v) is 5.03. The van der Waals surface area contributed by atoms with Gasteiger partial charge in [-0.25, -0.2) is 4.98 Å². The first-order chi connectivity index (χ1) is 14.8. The number of para-hydroxylation sites is 1. The number of hydrogen-bond donors (Lipinski definition) is 1. The number of methoxy groups -OCH3 is 1. The van der Waals surface area contributed by atoms with Gasteiger partial charge in [0, 0.05) is 11.1 Å². The van der Waals surface area contributed by atoms with Gasteiger partial charge in [0.25, 0.3) is 0 Å². The summed E-state index contributed by atoms with van der Waals surface area (Å²) in [6.45, 7) is 0. The number of imidazole rings is 1. The maximum absolute atomic E-state index is 6.16. The molecule has 0 fully saturated rings. The standard InChI is InChI=1S/C26H20N2O2/c1-29-21-15-9-8-14-20(21)22-16-17-23(30-22)26-27-24(18-10-4-2-5-11-18)25(28-26)19-12-6-3-7-13-19/h2-17H,1H3,(H,27,28). The molecule has 0 amide bonds. The Kier molecular flexibility index (Phi) is 4.66. The Morgan fingerprint density at radius 2 is 1.33 bits per heavy atom. The molecule has 5 aromatic rings. The molecule has 2 aromatic heterocycles. The Morgan fingerprint density at radius 1 is 0.700 bits per heavy atom. The molecule has 3 aromatic carbocycles. The van der Waals surface area contributed by atoms with E-state index in [4.69, 9.17) is 14.1 Å². The van der Waals surface area contributed by atoms with Crippen molar-refractivity contribution in [1.82, 2.24) is 9.97 Å². The Labute approximate surface area is 174 Å². The number of furan rings is 1. The molecule has 0 aliphatic heterocycles. The maximum Gasteiger partial charge on any atom is 0.174 e. The smallest absolute Gasteiger partial charge is 0.174 e. The normalized spacial score (nSPS) is 10.8. The summed E-state index contributed by atoms with van der Waals surface area (Å²) < 4.78 is 11.6. The maximum atomic E-state index is 6.16. The van der Waals surface area contributed by atoms with Crippen molar-refractivity contribution in [2.45, 2.75) is 0 Å². The second kappa shape index (κ2) is 7.76. The van der Waals surface area contributed by atoms with E-state index < -0.39 is 0 Å². The first kappa shape index (κ1) is 18.0. The average molecular weight is 392 g/mol. The molecule has 5 rings (SSSR count). The van der Waals surface area contributed by atoms with Crippen molar-refractivity contribution in [3.8, 4) is 51.2 Å². The van der Waals surface area contributed by atoms with Crippen LogP contribution in [0.3, 0.4) is 0 Å². The van der Waals surface area contributed by atoms with Crippen LogP contribution in [0.1, 0.15) is 0 Å². The lowest BCUT2D eigenvalue weighted by Crippen LogP contribution is -1.85. The summed E-state index contributed by atoms with van der Waals surface area (Å²) in [7, 11) is 1.66. The van der Waals surface area contributed by atoms with E-state index in [2.05, 4.69) is 29.2 Å². The Bertz CT molecular complexity index is 1210. The number of aromatic amines is 1.